The van der Waals surface area contributed by atoms with Crippen molar-refractivity contribution in [3.8, 4) is 0 Å². The van der Waals surface area contributed by atoms with Crippen molar-refractivity contribution in [3.63, 3.8) is 0 Å². The average molecular weight is 436 g/mol. The number of fused-ring (bicyclic) bond motifs is 1. The number of hydrogen-bond donors (Lipinski definition) is 2. The van der Waals surface area contributed by atoms with Crippen molar-refractivity contribution in [3.05, 3.63) is 94.8 Å². The van der Waals surface area contributed by atoms with Crippen molar-refractivity contribution in [2.24, 2.45) is 0 Å². The third-order valence-corrected chi connectivity index (χ3v) is 4.86. The largest absolute Gasteiger partial charge is 0.440 e. The SMILES string of the molecule is O=C(Cc1ccccc1)NC(=S)Nc1ccc(Cc2nc3cc(Cl)ccc3o2)cc1. The van der Waals surface area contributed by atoms with Crippen molar-refractivity contribution in [1.82, 2.24) is 10.3 Å². The summed E-state index contributed by atoms with van der Waals surface area (Å²) in [5, 5.41) is 6.61. The molecule has 0 atom stereocenters. The molecule has 0 saturated carbocycles. The zero-order chi connectivity index (χ0) is 20.9. The van der Waals surface area contributed by atoms with Gasteiger partial charge in [0.25, 0.3) is 0 Å². The summed E-state index contributed by atoms with van der Waals surface area (Å²) in [4.78, 5) is 16.6. The number of thiocarbonyl (C=S) groups is 1. The zero-order valence-corrected chi connectivity index (χ0v) is 17.5. The number of carbonyl (C=O) groups is 1. The Morgan fingerprint density at radius 1 is 1.00 bits per heavy atom. The number of oxazole rings is 1. The fourth-order valence-corrected chi connectivity index (χ4v) is 3.42. The van der Waals surface area contributed by atoms with Crippen LogP contribution >= 0.6 is 23.8 Å². The lowest BCUT2D eigenvalue weighted by Gasteiger charge is -2.10. The number of amides is 1. The van der Waals surface area contributed by atoms with Gasteiger partial charge in [-0.05, 0) is 53.7 Å². The second-order valence-corrected chi connectivity index (χ2v) is 7.60. The summed E-state index contributed by atoms with van der Waals surface area (Å²) < 4.78 is 5.76. The molecule has 0 aliphatic carbocycles. The summed E-state index contributed by atoms with van der Waals surface area (Å²) >= 11 is 11.2. The van der Waals surface area contributed by atoms with Crippen LogP contribution in [0.5, 0.6) is 0 Å². The first-order valence-corrected chi connectivity index (χ1v) is 10.1. The van der Waals surface area contributed by atoms with E-state index in [-0.39, 0.29) is 17.4 Å². The van der Waals surface area contributed by atoms with E-state index in [4.69, 9.17) is 28.2 Å². The van der Waals surface area contributed by atoms with E-state index in [0.29, 0.717) is 22.9 Å². The van der Waals surface area contributed by atoms with Crippen LogP contribution in [0.2, 0.25) is 5.02 Å². The van der Waals surface area contributed by atoms with Crippen molar-refractivity contribution in [1.29, 1.82) is 0 Å². The van der Waals surface area contributed by atoms with Crippen LogP contribution in [0.1, 0.15) is 17.0 Å². The van der Waals surface area contributed by atoms with E-state index in [2.05, 4.69) is 15.6 Å². The third kappa shape index (κ3) is 5.23. The molecule has 0 radical (unpaired) electrons. The van der Waals surface area contributed by atoms with Crippen molar-refractivity contribution in [2.45, 2.75) is 12.8 Å². The highest BCUT2D eigenvalue weighted by atomic mass is 35.5. The van der Waals surface area contributed by atoms with Crippen LogP contribution in [0.3, 0.4) is 0 Å². The Balaban J connectivity index is 1.32. The molecule has 0 aliphatic rings. The van der Waals surface area contributed by atoms with Gasteiger partial charge >= 0.3 is 0 Å². The number of hydrogen-bond acceptors (Lipinski definition) is 4. The van der Waals surface area contributed by atoms with Crippen LogP contribution in [-0.4, -0.2) is 16.0 Å². The van der Waals surface area contributed by atoms with Crippen LogP contribution in [0.4, 0.5) is 5.69 Å². The summed E-state index contributed by atoms with van der Waals surface area (Å²) in [6.45, 7) is 0. The number of nitrogens with one attached hydrogen (secondary N) is 2. The third-order valence-electron chi connectivity index (χ3n) is 4.42. The minimum absolute atomic E-state index is 0.161. The second-order valence-electron chi connectivity index (χ2n) is 6.76. The van der Waals surface area contributed by atoms with E-state index in [1.807, 2.05) is 60.7 Å². The highest BCUT2D eigenvalue weighted by Gasteiger charge is 2.09. The standard InChI is InChI=1S/C23H18ClN3O2S/c24-17-8-11-20-19(14-17)26-22(29-20)13-16-6-9-18(10-7-16)25-23(30)27-21(28)12-15-4-2-1-3-5-15/h1-11,14H,12-13H2,(H2,25,27,28,30). The van der Waals surface area contributed by atoms with Crippen LogP contribution < -0.4 is 10.6 Å². The molecule has 30 heavy (non-hydrogen) atoms. The van der Waals surface area contributed by atoms with E-state index >= 15 is 0 Å². The predicted molar refractivity (Wildman–Crippen MR) is 123 cm³/mol. The fraction of sp³-hybridized carbons (Fsp3) is 0.0870. The van der Waals surface area contributed by atoms with Gasteiger partial charge in [-0.2, -0.15) is 0 Å². The first kappa shape index (κ1) is 20.1. The minimum Gasteiger partial charge on any atom is -0.440 e. The van der Waals surface area contributed by atoms with E-state index in [0.717, 1.165) is 22.3 Å². The highest BCUT2D eigenvalue weighted by molar-refractivity contribution is 7.80. The molecule has 4 aromatic rings. The quantitative estimate of drug-likeness (QED) is 0.425. The Bertz CT molecular complexity index is 1190. The van der Waals surface area contributed by atoms with Gasteiger partial charge in [-0.1, -0.05) is 54.1 Å². The summed E-state index contributed by atoms with van der Waals surface area (Å²) in [7, 11) is 0. The molecule has 1 heterocycles. The molecule has 0 aliphatic heterocycles. The summed E-state index contributed by atoms with van der Waals surface area (Å²) in [5.74, 6) is 0.461. The average Bonchev–Trinajstić information content (AvgIpc) is 3.11. The lowest BCUT2D eigenvalue weighted by molar-refractivity contribution is -0.119. The lowest BCUT2D eigenvalue weighted by atomic mass is 10.1. The molecule has 0 fully saturated rings. The first-order chi connectivity index (χ1) is 14.5. The lowest BCUT2D eigenvalue weighted by Crippen LogP contribution is -2.35. The van der Waals surface area contributed by atoms with E-state index < -0.39 is 0 Å². The van der Waals surface area contributed by atoms with Crippen LogP contribution in [-0.2, 0) is 17.6 Å². The molecular formula is C23H18ClN3O2S. The van der Waals surface area contributed by atoms with Gasteiger partial charge in [0.15, 0.2) is 16.6 Å². The number of aromatic nitrogens is 1. The summed E-state index contributed by atoms with van der Waals surface area (Å²) in [5.41, 5.74) is 4.21. The number of benzene rings is 3. The van der Waals surface area contributed by atoms with Gasteiger partial charge in [0.2, 0.25) is 5.91 Å². The molecule has 0 unspecified atom stereocenters. The molecule has 4 rings (SSSR count). The summed E-state index contributed by atoms with van der Waals surface area (Å²) in [6, 6.07) is 22.6. The van der Waals surface area contributed by atoms with Gasteiger partial charge in [-0.25, -0.2) is 4.98 Å². The number of rotatable bonds is 5. The Morgan fingerprint density at radius 3 is 2.53 bits per heavy atom. The van der Waals surface area contributed by atoms with Gasteiger partial charge in [0.05, 0.1) is 6.42 Å². The molecule has 150 valence electrons. The topological polar surface area (TPSA) is 67.2 Å². The number of nitrogens with zero attached hydrogens (tertiary/aromatic N) is 1. The molecule has 0 saturated heterocycles. The first-order valence-electron chi connectivity index (χ1n) is 9.34. The van der Waals surface area contributed by atoms with E-state index in [1.54, 1.807) is 12.1 Å². The molecule has 1 amide bonds. The van der Waals surface area contributed by atoms with Crippen LogP contribution in [0.25, 0.3) is 11.1 Å². The maximum absolute atomic E-state index is 12.1. The monoisotopic (exact) mass is 435 g/mol. The van der Waals surface area contributed by atoms with Crippen LogP contribution in [0.15, 0.2) is 77.2 Å². The van der Waals surface area contributed by atoms with Crippen LogP contribution in [0, 0.1) is 0 Å². The second kappa shape index (κ2) is 9.07. The van der Waals surface area contributed by atoms with E-state index in [1.165, 1.54) is 0 Å². The van der Waals surface area contributed by atoms with Gasteiger partial charge in [-0.3, -0.25) is 4.79 Å². The number of anilines is 1. The normalized spacial score (nSPS) is 10.7. The van der Waals surface area contributed by atoms with Gasteiger partial charge < -0.3 is 15.1 Å². The number of carbonyl (C=O) groups excluding carboxylic acids is 1. The van der Waals surface area contributed by atoms with Gasteiger partial charge in [0, 0.05) is 17.1 Å². The van der Waals surface area contributed by atoms with Crippen molar-refractivity contribution < 1.29 is 9.21 Å². The molecule has 0 spiro atoms. The minimum atomic E-state index is -0.161. The molecule has 7 heteroatoms. The molecule has 0 bridgehead atoms. The maximum atomic E-state index is 12.1. The van der Waals surface area contributed by atoms with Gasteiger partial charge in [-0.15, -0.1) is 0 Å². The highest BCUT2D eigenvalue weighted by Crippen LogP contribution is 2.22. The zero-order valence-electron chi connectivity index (χ0n) is 15.9. The van der Waals surface area contributed by atoms with E-state index in [9.17, 15) is 4.79 Å². The van der Waals surface area contributed by atoms with Gasteiger partial charge in [0.1, 0.15) is 5.52 Å². The molecule has 1 aromatic heterocycles. The Morgan fingerprint density at radius 2 is 1.77 bits per heavy atom. The number of halogens is 1. The predicted octanol–water partition coefficient (Wildman–Crippen LogP) is 5.13. The molecule has 5 nitrogen and oxygen atoms in total. The summed E-state index contributed by atoms with van der Waals surface area (Å²) in [6.07, 6.45) is 0.835. The molecular weight excluding hydrogens is 418 g/mol. The molecule has 3 aromatic carbocycles. The molecule has 2 N–H and O–H groups in total. The smallest absolute Gasteiger partial charge is 0.230 e. The van der Waals surface area contributed by atoms with Crippen molar-refractivity contribution >= 4 is 51.6 Å². The Labute approximate surface area is 184 Å². The fourth-order valence-electron chi connectivity index (χ4n) is 3.02. The van der Waals surface area contributed by atoms with Crippen molar-refractivity contribution in [2.75, 3.05) is 5.32 Å². The Kier molecular flexibility index (Phi) is 6.07. The maximum Gasteiger partial charge on any atom is 0.230 e. The Hall–Kier alpha value is -3.22.